The topological polar surface area (TPSA) is 63.2 Å². The number of halogens is 3. The average Bonchev–Trinajstić information content (AvgIpc) is 3.17. The van der Waals surface area contributed by atoms with Crippen molar-refractivity contribution in [1.82, 2.24) is 10.3 Å². The molecule has 2 fully saturated rings. The van der Waals surface area contributed by atoms with Crippen molar-refractivity contribution in [1.29, 1.82) is 0 Å². The zero-order chi connectivity index (χ0) is 17.2. The van der Waals surface area contributed by atoms with Crippen LogP contribution in [0.5, 0.6) is 0 Å². The maximum Gasteiger partial charge on any atom is 0.417 e. The first-order valence-electron chi connectivity index (χ1n) is 8.14. The van der Waals surface area contributed by atoms with Gasteiger partial charge in [0.2, 0.25) is 5.91 Å². The summed E-state index contributed by atoms with van der Waals surface area (Å²) < 4.78 is 42.9. The molecule has 0 saturated carbocycles. The Hall–Kier alpha value is -1.83. The number of carbonyl (C=O) groups excluding carboxylic acids is 1. The van der Waals surface area contributed by atoms with E-state index in [0.29, 0.717) is 25.3 Å². The van der Waals surface area contributed by atoms with Gasteiger partial charge >= 0.3 is 6.18 Å². The van der Waals surface area contributed by atoms with Crippen molar-refractivity contribution in [3.63, 3.8) is 0 Å². The van der Waals surface area contributed by atoms with Crippen LogP contribution in [0.4, 0.5) is 19.0 Å². The van der Waals surface area contributed by atoms with Crippen LogP contribution in [-0.4, -0.2) is 36.2 Å². The lowest BCUT2D eigenvalue weighted by atomic mass is 9.88. The first-order valence-corrected chi connectivity index (χ1v) is 8.14. The number of aromatic nitrogens is 1. The SMILES string of the molecule is O=C(NCCCNc1ccc(C(F)(F)F)cn1)[C@H]1C[C@H]2CC[C@H]1O2. The molecule has 1 aromatic heterocycles. The van der Waals surface area contributed by atoms with E-state index < -0.39 is 11.7 Å². The summed E-state index contributed by atoms with van der Waals surface area (Å²) in [6.45, 7) is 1.03. The van der Waals surface area contributed by atoms with Crippen molar-refractivity contribution < 1.29 is 22.7 Å². The highest BCUT2D eigenvalue weighted by molar-refractivity contribution is 5.79. The number of carbonyl (C=O) groups is 1. The van der Waals surface area contributed by atoms with Gasteiger partial charge in [-0.2, -0.15) is 13.2 Å². The maximum atomic E-state index is 12.4. The summed E-state index contributed by atoms with van der Waals surface area (Å²) in [4.78, 5) is 15.8. The van der Waals surface area contributed by atoms with Gasteiger partial charge in [-0.05, 0) is 37.8 Å². The van der Waals surface area contributed by atoms with Gasteiger partial charge in [-0.3, -0.25) is 4.79 Å². The molecule has 5 nitrogen and oxygen atoms in total. The van der Waals surface area contributed by atoms with Gasteiger partial charge in [0.25, 0.3) is 0 Å². The standard InChI is InChI=1S/C16H20F3N3O2/c17-16(18,19)10-2-5-14(22-9-10)20-6-1-7-21-15(23)12-8-11-3-4-13(12)24-11/h2,5,9,11-13H,1,3-4,6-8H2,(H,20,22)(H,21,23)/t11-,12+,13-/m1/s1. The molecule has 0 aromatic carbocycles. The molecule has 3 rings (SSSR count). The lowest BCUT2D eigenvalue weighted by molar-refractivity contribution is -0.137. The van der Waals surface area contributed by atoms with Crippen molar-refractivity contribution in [3.8, 4) is 0 Å². The van der Waals surface area contributed by atoms with Gasteiger partial charge in [0.1, 0.15) is 5.82 Å². The van der Waals surface area contributed by atoms with Crippen LogP contribution in [0.25, 0.3) is 0 Å². The minimum atomic E-state index is -4.38. The van der Waals surface area contributed by atoms with E-state index in [9.17, 15) is 18.0 Å². The Balaban J connectivity index is 1.33. The fourth-order valence-electron chi connectivity index (χ4n) is 3.23. The second kappa shape index (κ2) is 6.96. The van der Waals surface area contributed by atoms with E-state index in [4.69, 9.17) is 4.74 Å². The number of alkyl halides is 3. The van der Waals surface area contributed by atoms with Crippen LogP contribution in [0.2, 0.25) is 0 Å². The summed E-state index contributed by atoms with van der Waals surface area (Å²) in [5, 5.41) is 5.84. The molecule has 0 aliphatic carbocycles. The van der Waals surface area contributed by atoms with Gasteiger partial charge < -0.3 is 15.4 Å². The molecule has 2 aliphatic heterocycles. The van der Waals surface area contributed by atoms with Crippen molar-refractivity contribution in [2.75, 3.05) is 18.4 Å². The molecule has 0 unspecified atom stereocenters. The summed E-state index contributed by atoms with van der Waals surface area (Å²) in [5.41, 5.74) is -0.770. The third kappa shape index (κ3) is 3.98. The molecule has 2 N–H and O–H groups in total. The predicted octanol–water partition coefficient (Wildman–Crippen LogP) is 2.59. The molecular weight excluding hydrogens is 323 g/mol. The van der Waals surface area contributed by atoms with Gasteiger partial charge in [-0.25, -0.2) is 4.98 Å². The largest absolute Gasteiger partial charge is 0.417 e. The Morgan fingerprint density at radius 1 is 1.29 bits per heavy atom. The Morgan fingerprint density at radius 3 is 2.71 bits per heavy atom. The first kappa shape index (κ1) is 17.0. The molecule has 1 aromatic rings. The van der Waals surface area contributed by atoms with Crippen LogP contribution in [0.3, 0.4) is 0 Å². The van der Waals surface area contributed by atoms with Crippen LogP contribution in [-0.2, 0) is 15.7 Å². The number of nitrogens with zero attached hydrogens (tertiary/aromatic N) is 1. The minimum absolute atomic E-state index is 0.0340. The molecule has 24 heavy (non-hydrogen) atoms. The molecule has 2 bridgehead atoms. The molecule has 132 valence electrons. The summed E-state index contributed by atoms with van der Waals surface area (Å²) in [5.74, 6) is 0.388. The van der Waals surface area contributed by atoms with Crippen molar-refractivity contribution in [2.24, 2.45) is 5.92 Å². The number of nitrogens with one attached hydrogen (secondary N) is 2. The fraction of sp³-hybridized carbons (Fsp3) is 0.625. The number of fused-ring (bicyclic) bond motifs is 2. The zero-order valence-corrected chi connectivity index (χ0v) is 13.1. The smallest absolute Gasteiger partial charge is 0.374 e. The van der Waals surface area contributed by atoms with E-state index in [-0.39, 0.29) is 24.0 Å². The molecule has 3 atom stereocenters. The lowest BCUT2D eigenvalue weighted by Crippen LogP contribution is -2.36. The number of hydrogen-bond acceptors (Lipinski definition) is 4. The maximum absolute atomic E-state index is 12.4. The monoisotopic (exact) mass is 343 g/mol. The Labute approximate surface area is 138 Å². The Bertz CT molecular complexity index is 577. The van der Waals surface area contributed by atoms with Crippen molar-refractivity contribution in [3.05, 3.63) is 23.9 Å². The van der Waals surface area contributed by atoms with Crippen LogP contribution < -0.4 is 10.6 Å². The molecule has 0 radical (unpaired) electrons. The molecule has 3 heterocycles. The van der Waals surface area contributed by atoms with E-state index in [2.05, 4.69) is 15.6 Å². The molecule has 2 aliphatic rings. The number of ether oxygens (including phenoxy) is 1. The van der Waals surface area contributed by atoms with Gasteiger partial charge in [-0.1, -0.05) is 0 Å². The first-order chi connectivity index (χ1) is 11.4. The van der Waals surface area contributed by atoms with Gasteiger partial charge in [0.15, 0.2) is 0 Å². The van der Waals surface area contributed by atoms with E-state index in [1.54, 1.807) is 0 Å². The Morgan fingerprint density at radius 2 is 2.12 bits per heavy atom. The summed E-state index contributed by atoms with van der Waals surface area (Å²) in [6, 6.07) is 2.29. The number of anilines is 1. The van der Waals surface area contributed by atoms with Crippen LogP contribution >= 0.6 is 0 Å². The van der Waals surface area contributed by atoms with Crippen LogP contribution in [0.15, 0.2) is 18.3 Å². The van der Waals surface area contributed by atoms with Crippen molar-refractivity contribution in [2.45, 2.75) is 44.1 Å². The van der Waals surface area contributed by atoms with E-state index in [0.717, 1.165) is 31.5 Å². The molecular formula is C16H20F3N3O2. The lowest BCUT2D eigenvalue weighted by Gasteiger charge is -2.18. The van der Waals surface area contributed by atoms with Gasteiger partial charge in [0, 0.05) is 19.3 Å². The third-order valence-electron chi connectivity index (χ3n) is 4.49. The van der Waals surface area contributed by atoms with Crippen molar-refractivity contribution >= 4 is 11.7 Å². The highest BCUT2D eigenvalue weighted by Gasteiger charge is 2.44. The van der Waals surface area contributed by atoms with E-state index in [1.807, 2.05) is 0 Å². The third-order valence-corrected chi connectivity index (χ3v) is 4.49. The number of hydrogen-bond donors (Lipinski definition) is 2. The Kier molecular flexibility index (Phi) is 4.93. The van der Waals surface area contributed by atoms with E-state index in [1.165, 1.54) is 6.07 Å². The quantitative estimate of drug-likeness (QED) is 0.780. The number of amides is 1. The highest BCUT2D eigenvalue weighted by atomic mass is 19.4. The molecule has 2 saturated heterocycles. The minimum Gasteiger partial charge on any atom is -0.374 e. The number of pyridine rings is 1. The second-order valence-electron chi connectivity index (χ2n) is 6.22. The second-order valence-corrected chi connectivity index (χ2v) is 6.22. The van der Waals surface area contributed by atoms with Crippen LogP contribution in [0.1, 0.15) is 31.2 Å². The van der Waals surface area contributed by atoms with Gasteiger partial charge in [-0.15, -0.1) is 0 Å². The number of rotatable bonds is 6. The zero-order valence-electron chi connectivity index (χ0n) is 13.1. The fourth-order valence-corrected chi connectivity index (χ4v) is 3.23. The van der Waals surface area contributed by atoms with E-state index >= 15 is 0 Å². The summed E-state index contributed by atoms with van der Waals surface area (Å²) >= 11 is 0. The van der Waals surface area contributed by atoms with Gasteiger partial charge in [0.05, 0.1) is 23.7 Å². The molecule has 8 heteroatoms. The predicted molar refractivity (Wildman–Crippen MR) is 81.4 cm³/mol. The summed E-state index contributed by atoms with van der Waals surface area (Å²) in [7, 11) is 0. The molecule has 1 amide bonds. The normalized spacial score (nSPS) is 25.7. The van der Waals surface area contributed by atoms with Crippen LogP contribution in [0, 0.1) is 5.92 Å². The average molecular weight is 343 g/mol. The highest BCUT2D eigenvalue weighted by Crippen LogP contribution is 2.38. The molecule has 0 spiro atoms. The summed E-state index contributed by atoms with van der Waals surface area (Å²) in [6.07, 6.45) is 0.240.